The Balaban J connectivity index is 1.78. The summed E-state index contributed by atoms with van der Waals surface area (Å²) in [7, 11) is 4.89. The molecule has 0 aliphatic carbocycles. The predicted octanol–water partition coefficient (Wildman–Crippen LogP) is 4.07. The Bertz CT molecular complexity index is 994. The second-order valence-electron chi connectivity index (χ2n) is 6.09. The van der Waals surface area contributed by atoms with Gasteiger partial charge in [-0.3, -0.25) is 0 Å². The molecule has 3 rings (SSSR count). The Morgan fingerprint density at radius 2 is 1.83 bits per heavy atom. The molecule has 3 aromatic rings. The van der Waals surface area contributed by atoms with E-state index in [-0.39, 0.29) is 17.6 Å². The van der Waals surface area contributed by atoms with Gasteiger partial charge in [0.15, 0.2) is 21.8 Å². The number of alkyl halides is 3. The lowest BCUT2D eigenvalue weighted by Gasteiger charge is -2.15. The van der Waals surface area contributed by atoms with Crippen LogP contribution in [0.1, 0.15) is 11.5 Å². The van der Waals surface area contributed by atoms with E-state index >= 15 is 0 Å². The van der Waals surface area contributed by atoms with Crippen LogP contribution in [0.4, 0.5) is 19.0 Å². The minimum atomic E-state index is -4.58. The summed E-state index contributed by atoms with van der Waals surface area (Å²) in [5.41, 5.74) is -1.02. The number of aromatic nitrogens is 5. The highest BCUT2D eigenvalue weighted by Crippen LogP contribution is 2.32. The highest BCUT2D eigenvalue weighted by molar-refractivity contribution is 7.99. The fourth-order valence-corrected chi connectivity index (χ4v) is 3.05. The lowest BCUT2D eigenvalue weighted by molar-refractivity contribution is -0.141. The molecule has 0 aliphatic rings. The molecule has 0 saturated carbocycles. The smallest absolute Gasteiger partial charge is 0.433 e. The van der Waals surface area contributed by atoms with Crippen LogP contribution in [0.3, 0.4) is 0 Å². The van der Waals surface area contributed by atoms with Gasteiger partial charge in [0.1, 0.15) is 18.2 Å². The van der Waals surface area contributed by atoms with E-state index in [0.717, 1.165) is 17.8 Å². The molecule has 1 aromatic carbocycles. The molecule has 29 heavy (non-hydrogen) atoms. The van der Waals surface area contributed by atoms with Gasteiger partial charge in [0.25, 0.3) is 0 Å². The van der Waals surface area contributed by atoms with Crippen LogP contribution in [0.25, 0.3) is 0 Å². The minimum Gasteiger partial charge on any atom is -0.486 e. The first kappa shape index (κ1) is 21.2. The number of ether oxygens (including phenoxy) is 1. The van der Waals surface area contributed by atoms with Crippen molar-refractivity contribution in [3.05, 3.63) is 46.9 Å². The summed E-state index contributed by atoms with van der Waals surface area (Å²) in [5, 5.41) is 8.88. The van der Waals surface area contributed by atoms with Crippen LogP contribution >= 0.6 is 23.4 Å². The quantitative estimate of drug-likeness (QED) is 0.531. The Morgan fingerprint density at radius 3 is 2.45 bits per heavy atom. The van der Waals surface area contributed by atoms with E-state index in [1.807, 2.05) is 0 Å². The highest BCUT2D eigenvalue weighted by Gasteiger charge is 2.34. The molecule has 154 valence electrons. The summed E-state index contributed by atoms with van der Waals surface area (Å²) in [6.45, 7) is 0.123. The van der Waals surface area contributed by atoms with Crippen LogP contribution in [0, 0.1) is 0 Å². The topological polar surface area (TPSA) is 69.0 Å². The van der Waals surface area contributed by atoms with Gasteiger partial charge in [-0.25, -0.2) is 9.97 Å². The number of benzene rings is 1. The molecule has 0 radical (unpaired) electrons. The van der Waals surface area contributed by atoms with E-state index in [1.165, 1.54) is 4.90 Å². The van der Waals surface area contributed by atoms with Crippen molar-refractivity contribution < 1.29 is 17.9 Å². The van der Waals surface area contributed by atoms with E-state index < -0.39 is 11.9 Å². The van der Waals surface area contributed by atoms with Crippen LogP contribution in [-0.4, -0.2) is 38.8 Å². The molecule has 0 bridgehead atoms. The first-order valence-corrected chi connectivity index (χ1v) is 9.41. The van der Waals surface area contributed by atoms with Crippen LogP contribution in [0.2, 0.25) is 5.02 Å². The molecule has 0 unspecified atom stereocenters. The van der Waals surface area contributed by atoms with Crippen molar-refractivity contribution in [2.45, 2.75) is 23.1 Å². The Morgan fingerprint density at radius 1 is 1.14 bits per heavy atom. The van der Waals surface area contributed by atoms with Gasteiger partial charge in [-0.15, -0.1) is 10.2 Å². The maximum Gasteiger partial charge on any atom is 0.433 e. The highest BCUT2D eigenvalue weighted by atomic mass is 35.5. The first-order chi connectivity index (χ1) is 13.6. The molecular weight excluding hydrogens is 429 g/mol. The van der Waals surface area contributed by atoms with Gasteiger partial charge in [0, 0.05) is 32.2 Å². The average Bonchev–Trinajstić information content (AvgIpc) is 3.00. The van der Waals surface area contributed by atoms with Gasteiger partial charge in [-0.2, -0.15) is 13.2 Å². The molecule has 0 amide bonds. The summed E-state index contributed by atoms with van der Waals surface area (Å²) in [5.74, 6) is 1.23. The number of hydrogen-bond donors (Lipinski definition) is 0. The van der Waals surface area contributed by atoms with Crippen LogP contribution in [0.5, 0.6) is 5.75 Å². The molecular formula is C17H16ClF3N6OS. The van der Waals surface area contributed by atoms with Crippen molar-refractivity contribution in [1.29, 1.82) is 0 Å². The molecule has 0 fully saturated rings. The normalized spacial score (nSPS) is 11.6. The Kier molecular flexibility index (Phi) is 6.18. The summed E-state index contributed by atoms with van der Waals surface area (Å²) in [6, 6.07) is 7.72. The van der Waals surface area contributed by atoms with Gasteiger partial charge < -0.3 is 14.2 Å². The molecule has 0 aliphatic heterocycles. The Labute approximate surface area is 173 Å². The first-order valence-electron chi connectivity index (χ1n) is 8.21. The number of nitrogens with zero attached hydrogens (tertiary/aromatic N) is 6. The SMILES string of the molecule is CN(C)c1cc(C(F)(F)F)nc(Sc2nnc(COc3ccc(Cl)cc3)n2C)n1. The van der Waals surface area contributed by atoms with Crippen molar-refractivity contribution >= 4 is 29.2 Å². The fourth-order valence-electron chi connectivity index (χ4n) is 2.15. The second-order valence-corrected chi connectivity index (χ2v) is 7.46. The molecule has 2 aromatic heterocycles. The average molecular weight is 445 g/mol. The fraction of sp³-hybridized carbons (Fsp3) is 0.294. The summed E-state index contributed by atoms with van der Waals surface area (Å²) in [6.07, 6.45) is -4.58. The Hall–Kier alpha value is -2.53. The van der Waals surface area contributed by atoms with E-state index in [2.05, 4.69) is 20.2 Å². The lowest BCUT2D eigenvalue weighted by atomic mass is 10.3. The van der Waals surface area contributed by atoms with E-state index in [9.17, 15) is 13.2 Å². The summed E-state index contributed by atoms with van der Waals surface area (Å²) in [4.78, 5) is 9.23. The predicted molar refractivity (Wildman–Crippen MR) is 102 cm³/mol. The van der Waals surface area contributed by atoms with E-state index in [4.69, 9.17) is 16.3 Å². The van der Waals surface area contributed by atoms with Crippen molar-refractivity contribution in [1.82, 2.24) is 24.7 Å². The minimum absolute atomic E-state index is 0.0794. The van der Waals surface area contributed by atoms with Gasteiger partial charge in [0.05, 0.1) is 0 Å². The molecule has 2 heterocycles. The van der Waals surface area contributed by atoms with Crippen molar-refractivity contribution in [3.8, 4) is 5.75 Å². The van der Waals surface area contributed by atoms with Crippen molar-refractivity contribution in [3.63, 3.8) is 0 Å². The summed E-state index contributed by atoms with van der Waals surface area (Å²) >= 11 is 6.72. The number of hydrogen-bond acceptors (Lipinski definition) is 7. The number of rotatable bonds is 6. The molecule has 0 saturated heterocycles. The standard InChI is InChI=1S/C17H16ClF3N6OS/c1-26(2)13-8-12(17(19,20)21)22-15(23-13)29-16-25-24-14(27(16)3)9-28-11-6-4-10(18)5-7-11/h4-8H,9H2,1-3H3. The van der Waals surface area contributed by atoms with Crippen molar-refractivity contribution in [2.75, 3.05) is 19.0 Å². The van der Waals surface area contributed by atoms with Crippen molar-refractivity contribution in [2.24, 2.45) is 7.05 Å². The summed E-state index contributed by atoms with van der Waals surface area (Å²) < 4.78 is 46.7. The van der Waals surface area contributed by atoms with Crippen LogP contribution < -0.4 is 9.64 Å². The third-order valence-electron chi connectivity index (χ3n) is 3.73. The molecule has 0 spiro atoms. The zero-order valence-electron chi connectivity index (χ0n) is 15.6. The monoisotopic (exact) mass is 444 g/mol. The number of halogens is 4. The van der Waals surface area contributed by atoms with Crippen LogP contribution in [-0.2, 0) is 19.8 Å². The van der Waals surface area contributed by atoms with Crippen LogP contribution in [0.15, 0.2) is 40.6 Å². The molecule has 7 nitrogen and oxygen atoms in total. The van der Waals surface area contributed by atoms with Gasteiger partial charge in [0.2, 0.25) is 0 Å². The van der Waals surface area contributed by atoms with E-state index in [0.29, 0.717) is 21.8 Å². The second kappa shape index (κ2) is 8.46. The maximum absolute atomic E-state index is 13.1. The zero-order valence-corrected chi connectivity index (χ0v) is 17.2. The van der Waals surface area contributed by atoms with Gasteiger partial charge in [-0.1, -0.05) is 11.6 Å². The number of anilines is 1. The third kappa shape index (κ3) is 5.30. The molecule has 0 atom stereocenters. The van der Waals surface area contributed by atoms with E-state index in [1.54, 1.807) is 50.0 Å². The largest absolute Gasteiger partial charge is 0.486 e. The molecule has 0 N–H and O–H groups in total. The lowest BCUT2D eigenvalue weighted by Crippen LogP contribution is -2.16. The van der Waals surface area contributed by atoms with Gasteiger partial charge in [-0.05, 0) is 36.0 Å². The third-order valence-corrected chi connectivity index (χ3v) is 4.89. The maximum atomic E-state index is 13.1. The van der Waals surface area contributed by atoms with Gasteiger partial charge >= 0.3 is 6.18 Å². The zero-order chi connectivity index (χ0) is 21.2. The molecule has 12 heteroatoms.